The first-order valence-corrected chi connectivity index (χ1v) is 11.7. The normalized spacial score (nSPS) is 16.9. The molecular weight excluding hydrogens is 447 g/mol. The van der Waals surface area contributed by atoms with Gasteiger partial charge in [0.25, 0.3) is 10.0 Å². The number of nitrogens with one attached hydrogen (secondary N) is 2. The van der Waals surface area contributed by atoms with E-state index < -0.39 is 26.9 Å². The highest BCUT2D eigenvalue weighted by molar-refractivity contribution is 7.92. The van der Waals surface area contributed by atoms with E-state index in [2.05, 4.69) is 23.9 Å². The molecule has 1 aliphatic heterocycles. The molecule has 0 amide bonds. The van der Waals surface area contributed by atoms with E-state index in [1.165, 1.54) is 18.2 Å². The molecule has 0 fully saturated rings. The Labute approximate surface area is 191 Å². The summed E-state index contributed by atoms with van der Waals surface area (Å²) < 4.78 is 46.2. The zero-order chi connectivity index (χ0) is 23.8. The summed E-state index contributed by atoms with van der Waals surface area (Å²) in [5.41, 5.74) is 2.87. The number of anilines is 2. The van der Waals surface area contributed by atoms with Gasteiger partial charge in [-0.1, -0.05) is 38.1 Å². The van der Waals surface area contributed by atoms with Gasteiger partial charge in [0.15, 0.2) is 0 Å². The van der Waals surface area contributed by atoms with Crippen molar-refractivity contribution in [3.63, 3.8) is 0 Å². The van der Waals surface area contributed by atoms with E-state index in [1.54, 1.807) is 30.3 Å². The molecule has 3 aromatic carbocycles. The smallest absolute Gasteiger partial charge is 0.449 e. The summed E-state index contributed by atoms with van der Waals surface area (Å²) in [5, 5.41) is 12.3. The van der Waals surface area contributed by atoms with Crippen molar-refractivity contribution in [3.05, 3.63) is 83.7 Å². The van der Waals surface area contributed by atoms with Crippen LogP contribution in [0.2, 0.25) is 0 Å². The SMILES string of the molecule is CC1(C)Cc2cc(OC(=O)O)ccc2NC1c1ccc(NS(=O)(=O)c2ccccc2F)cc1. The van der Waals surface area contributed by atoms with Crippen LogP contribution in [0.15, 0.2) is 71.6 Å². The van der Waals surface area contributed by atoms with Crippen molar-refractivity contribution < 1.29 is 27.4 Å². The molecule has 0 bridgehead atoms. The first-order valence-electron chi connectivity index (χ1n) is 10.2. The van der Waals surface area contributed by atoms with Gasteiger partial charge in [-0.3, -0.25) is 4.72 Å². The van der Waals surface area contributed by atoms with Gasteiger partial charge in [0.2, 0.25) is 0 Å². The van der Waals surface area contributed by atoms with Crippen LogP contribution < -0.4 is 14.8 Å². The molecule has 0 spiro atoms. The standard InChI is InChI=1S/C24H23FN2O5S/c1-24(2)14-16-13-18(32-23(28)29)11-12-20(16)26-22(24)15-7-9-17(10-8-15)27-33(30,31)21-6-4-3-5-19(21)25/h3-13,22,26-27H,14H2,1-2H3,(H,28,29). The number of fused-ring (bicyclic) bond motifs is 1. The molecule has 0 saturated heterocycles. The molecule has 0 radical (unpaired) electrons. The molecule has 4 rings (SSSR count). The van der Waals surface area contributed by atoms with Gasteiger partial charge < -0.3 is 15.2 Å². The monoisotopic (exact) mass is 470 g/mol. The highest BCUT2D eigenvalue weighted by Gasteiger charge is 2.36. The predicted octanol–water partition coefficient (Wildman–Crippen LogP) is 5.42. The maximum absolute atomic E-state index is 13.9. The van der Waals surface area contributed by atoms with Crippen molar-refractivity contribution in [2.45, 2.75) is 31.2 Å². The molecule has 1 atom stereocenters. The van der Waals surface area contributed by atoms with Gasteiger partial charge in [0.1, 0.15) is 16.5 Å². The summed E-state index contributed by atoms with van der Waals surface area (Å²) in [6, 6.07) is 17.2. The van der Waals surface area contributed by atoms with E-state index in [0.717, 1.165) is 22.9 Å². The van der Waals surface area contributed by atoms with Gasteiger partial charge >= 0.3 is 6.16 Å². The molecule has 3 N–H and O–H groups in total. The van der Waals surface area contributed by atoms with E-state index in [0.29, 0.717) is 12.1 Å². The maximum Gasteiger partial charge on any atom is 0.511 e. The van der Waals surface area contributed by atoms with Crippen LogP contribution in [0.5, 0.6) is 5.75 Å². The minimum Gasteiger partial charge on any atom is -0.449 e. The number of ether oxygens (including phenoxy) is 1. The Hall–Kier alpha value is -3.59. The number of rotatable bonds is 5. The Morgan fingerprint density at radius 1 is 1.12 bits per heavy atom. The van der Waals surface area contributed by atoms with Gasteiger partial charge in [0.05, 0.1) is 6.04 Å². The third kappa shape index (κ3) is 4.78. The average molecular weight is 471 g/mol. The first-order chi connectivity index (χ1) is 15.5. The molecule has 172 valence electrons. The van der Waals surface area contributed by atoms with E-state index in [1.807, 2.05) is 12.1 Å². The van der Waals surface area contributed by atoms with Crippen LogP contribution in [0.25, 0.3) is 0 Å². The summed E-state index contributed by atoms with van der Waals surface area (Å²) in [5.74, 6) is -0.547. The summed E-state index contributed by atoms with van der Waals surface area (Å²) in [6.45, 7) is 4.18. The predicted molar refractivity (Wildman–Crippen MR) is 123 cm³/mol. The molecule has 1 unspecified atom stereocenters. The summed E-state index contributed by atoms with van der Waals surface area (Å²) in [7, 11) is -4.05. The molecule has 1 heterocycles. The second kappa shape index (κ2) is 8.40. The van der Waals surface area contributed by atoms with Crippen LogP contribution in [-0.2, 0) is 16.4 Å². The maximum atomic E-state index is 13.9. The number of hydrogen-bond acceptors (Lipinski definition) is 5. The molecule has 3 aromatic rings. The van der Waals surface area contributed by atoms with E-state index in [-0.39, 0.29) is 17.2 Å². The summed E-state index contributed by atoms with van der Waals surface area (Å²) in [6.07, 6.45) is -0.681. The Bertz CT molecular complexity index is 1310. The van der Waals surface area contributed by atoms with Crippen molar-refractivity contribution in [2.24, 2.45) is 5.41 Å². The molecule has 1 aliphatic rings. The van der Waals surface area contributed by atoms with Gasteiger partial charge in [0, 0.05) is 11.4 Å². The van der Waals surface area contributed by atoms with Gasteiger partial charge in [-0.2, -0.15) is 0 Å². The minimum absolute atomic E-state index is 0.0755. The molecular formula is C24H23FN2O5S. The molecule has 0 aliphatic carbocycles. The summed E-state index contributed by atoms with van der Waals surface area (Å²) in [4.78, 5) is 10.4. The molecule has 9 heteroatoms. The van der Waals surface area contributed by atoms with Crippen molar-refractivity contribution in [1.29, 1.82) is 0 Å². The first kappa shape index (κ1) is 22.6. The zero-order valence-corrected chi connectivity index (χ0v) is 18.8. The Kier molecular flexibility index (Phi) is 5.75. The third-order valence-corrected chi connectivity index (χ3v) is 7.05. The van der Waals surface area contributed by atoms with Gasteiger partial charge in [-0.05, 0) is 65.4 Å². The van der Waals surface area contributed by atoms with Crippen LogP contribution >= 0.6 is 0 Å². The fraction of sp³-hybridized carbons (Fsp3) is 0.208. The van der Waals surface area contributed by atoms with Gasteiger partial charge in [-0.25, -0.2) is 17.6 Å². The fourth-order valence-electron chi connectivity index (χ4n) is 4.12. The van der Waals surface area contributed by atoms with Crippen molar-refractivity contribution in [1.82, 2.24) is 0 Å². The lowest BCUT2D eigenvalue weighted by atomic mass is 9.73. The highest BCUT2D eigenvalue weighted by Crippen LogP contribution is 2.45. The topological polar surface area (TPSA) is 105 Å². The lowest BCUT2D eigenvalue weighted by molar-refractivity contribution is 0.144. The van der Waals surface area contributed by atoms with E-state index in [9.17, 15) is 17.6 Å². The zero-order valence-electron chi connectivity index (χ0n) is 18.0. The van der Waals surface area contributed by atoms with Crippen molar-refractivity contribution >= 4 is 27.6 Å². The summed E-state index contributed by atoms with van der Waals surface area (Å²) >= 11 is 0. The Morgan fingerprint density at radius 3 is 2.48 bits per heavy atom. The number of benzene rings is 3. The molecule has 0 aromatic heterocycles. The van der Waals surface area contributed by atoms with Crippen molar-refractivity contribution in [2.75, 3.05) is 10.0 Å². The molecule has 0 saturated carbocycles. The second-order valence-electron chi connectivity index (χ2n) is 8.59. The van der Waals surface area contributed by atoms with E-state index in [4.69, 9.17) is 9.84 Å². The largest absolute Gasteiger partial charge is 0.511 e. The number of sulfonamides is 1. The number of hydrogen-bond donors (Lipinski definition) is 3. The lowest BCUT2D eigenvalue weighted by Crippen LogP contribution is -2.35. The number of halogens is 1. The van der Waals surface area contributed by atoms with Crippen LogP contribution in [0, 0.1) is 11.2 Å². The Balaban J connectivity index is 1.55. The second-order valence-corrected chi connectivity index (χ2v) is 10.2. The highest BCUT2D eigenvalue weighted by atomic mass is 32.2. The van der Waals surface area contributed by atoms with Crippen LogP contribution in [0.4, 0.5) is 20.6 Å². The van der Waals surface area contributed by atoms with Crippen LogP contribution in [0.3, 0.4) is 0 Å². The lowest BCUT2D eigenvalue weighted by Gasteiger charge is -2.41. The molecule has 7 nitrogen and oxygen atoms in total. The van der Waals surface area contributed by atoms with Gasteiger partial charge in [-0.15, -0.1) is 0 Å². The third-order valence-electron chi connectivity index (χ3n) is 5.63. The minimum atomic E-state index is -4.05. The fourth-order valence-corrected chi connectivity index (χ4v) is 5.25. The quantitative estimate of drug-likeness (QED) is 0.340. The molecule has 33 heavy (non-hydrogen) atoms. The average Bonchev–Trinajstić information content (AvgIpc) is 2.73. The number of carboxylic acid groups (broad SMARTS) is 1. The van der Waals surface area contributed by atoms with Crippen molar-refractivity contribution in [3.8, 4) is 5.75 Å². The van der Waals surface area contributed by atoms with Crippen LogP contribution in [0.1, 0.15) is 31.0 Å². The van der Waals surface area contributed by atoms with E-state index >= 15 is 0 Å². The number of carbonyl (C=O) groups is 1. The van der Waals surface area contributed by atoms with Crippen LogP contribution in [-0.4, -0.2) is 19.7 Å². The Morgan fingerprint density at radius 2 is 1.82 bits per heavy atom.